The fraction of sp³-hybridized carbons (Fsp3) is 0.0625. The quantitative estimate of drug-likeness (QED) is 0.723. The van der Waals surface area contributed by atoms with Crippen LogP contribution < -0.4 is 0 Å². The molecule has 2 aromatic carbocycles. The topological polar surface area (TPSA) is 54.5 Å². The van der Waals surface area contributed by atoms with Crippen LogP contribution in [-0.2, 0) is 0 Å². The lowest BCUT2D eigenvalue weighted by molar-refractivity contribution is 0.628. The Balaban J connectivity index is 2.25. The normalized spacial score (nSPS) is 10.3. The van der Waals surface area contributed by atoms with Crippen molar-refractivity contribution in [1.82, 2.24) is 15.0 Å². The number of aromatic nitrogens is 3. The minimum atomic E-state index is -0.367. The van der Waals surface area contributed by atoms with Crippen LogP contribution in [-0.4, -0.2) is 15.0 Å². The lowest BCUT2D eigenvalue weighted by atomic mass is 10.1. The van der Waals surface area contributed by atoms with Gasteiger partial charge in [-0.2, -0.15) is 5.26 Å². The molecule has 0 aliphatic heterocycles. The molecule has 4 nitrogen and oxygen atoms in total. The molecule has 3 rings (SSSR count). The van der Waals surface area contributed by atoms with E-state index in [4.69, 9.17) is 0 Å². The molecule has 1 heterocycles. The first-order valence-corrected chi connectivity index (χ1v) is 6.38. The predicted molar refractivity (Wildman–Crippen MR) is 76.2 cm³/mol. The van der Waals surface area contributed by atoms with Crippen LogP contribution >= 0.6 is 0 Å². The van der Waals surface area contributed by atoms with E-state index in [2.05, 4.69) is 10.3 Å². The predicted octanol–water partition coefficient (Wildman–Crippen LogP) is 3.25. The van der Waals surface area contributed by atoms with Crippen molar-refractivity contribution in [1.29, 1.82) is 5.26 Å². The molecule has 0 spiro atoms. The number of rotatable bonds is 2. The molecular formula is C16H11FN4. The molecule has 0 atom stereocenters. The summed E-state index contributed by atoms with van der Waals surface area (Å²) in [4.78, 5) is 0. The van der Waals surface area contributed by atoms with Gasteiger partial charge in [0.1, 0.15) is 17.6 Å². The second kappa shape index (κ2) is 5.17. The highest BCUT2D eigenvalue weighted by Crippen LogP contribution is 2.25. The van der Waals surface area contributed by atoms with Gasteiger partial charge in [0, 0.05) is 5.56 Å². The first-order valence-electron chi connectivity index (χ1n) is 6.38. The smallest absolute Gasteiger partial charge is 0.191 e. The first kappa shape index (κ1) is 13.0. The molecule has 0 radical (unpaired) electrons. The van der Waals surface area contributed by atoms with Gasteiger partial charge in [0.05, 0.1) is 5.69 Å². The molecule has 0 unspecified atom stereocenters. The van der Waals surface area contributed by atoms with Crippen molar-refractivity contribution in [2.24, 2.45) is 0 Å². The van der Waals surface area contributed by atoms with Crippen molar-refractivity contribution >= 4 is 0 Å². The molecule has 0 N–H and O–H groups in total. The maximum Gasteiger partial charge on any atom is 0.191 e. The summed E-state index contributed by atoms with van der Waals surface area (Å²) in [6, 6.07) is 15.7. The van der Waals surface area contributed by atoms with Crippen LogP contribution in [0.2, 0.25) is 0 Å². The molecule has 0 aliphatic rings. The summed E-state index contributed by atoms with van der Waals surface area (Å²) >= 11 is 0. The SMILES string of the molecule is Cc1cccc(-n2nnc(C#N)c2-c2cccc(F)c2)c1. The molecule has 0 bridgehead atoms. The Kier molecular flexibility index (Phi) is 3.20. The molecule has 3 aromatic rings. The van der Waals surface area contributed by atoms with E-state index in [0.29, 0.717) is 11.3 Å². The van der Waals surface area contributed by atoms with E-state index in [-0.39, 0.29) is 11.5 Å². The van der Waals surface area contributed by atoms with E-state index >= 15 is 0 Å². The molecule has 0 saturated heterocycles. The van der Waals surface area contributed by atoms with E-state index in [1.54, 1.807) is 16.8 Å². The number of hydrogen-bond donors (Lipinski definition) is 0. The highest BCUT2D eigenvalue weighted by atomic mass is 19.1. The lowest BCUT2D eigenvalue weighted by Crippen LogP contribution is -2.00. The van der Waals surface area contributed by atoms with E-state index in [1.807, 2.05) is 37.3 Å². The van der Waals surface area contributed by atoms with Crippen LogP contribution in [0.25, 0.3) is 16.9 Å². The van der Waals surface area contributed by atoms with E-state index in [0.717, 1.165) is 11.3 Å². The van der Waals surface area contributed by atoms with Crippen LogP contribution in [0.5, 0.6) is 0 Å². The van der Waals surface area contributed by atoms with E-state index < -0.39 is 0 Å². The van der Waals surface area contributed by atoms with Gasteiger partial charge in [-0.1, -0.05) is 29.5 Å². The molecule has 21 heavy (non-hydrogen) atoms. The highest BCUT2D eigenvalue weighted by molar-refractivity contribution is 5.67. The fourth-order valence-corrected chi connectivity index (χ4v) is 2.19. The van der Waals surface area contributed by atoms with Gasteiger partial charge in [0.15, 0.2) is 5.69 Å². The molecule has 0 aliphatic carbocycles. The number of benzene rings is 2. The van der Waals surface area contributed by atoms with Crippen LogP contribution in [0.1, 0.15) is 11.3 Å². The van der Waals surface area contributed by atoms with Gasteiger partial charge in [-0.15, -0.1) is 5.10 Å². The number of hydrogen-bond acceptors (Lipinski definition) is 3. The van der Waals surface area contributed by atoms with Gasteiger partial charge in [0.25, 0.3) is 0 Å². The van der Waals surface area contributed by atoms with Crippen LogP contribution in [0.15, 0.2) is 48.5 Å². The highest BCUT2D eigenvalue weighted by Gasteiger charge is 2.16. The van der Waals surface area contributed by atoms with Crippen molar-refractivity contribution in [2.75, 3.05) is 0 Å². The molecule has 102 valence electrons. The van der Waals surface area contributed by atoms with Crippen molar-refractivity contribution in [3.05, 3.63) is 65.6 Å². The van der Waals surface area contributed by atoms with Crippen molar-refractivity contribution in [3.8, 4) is 23.0 Å². The number of nitriles is 1. The monoisotopic (exact) mass is 278 g/mol. The zero-order valence-electron chi connectivity index (χ0n) is 11.3. The van der Waals surface area contributed by atoms with E-state index in [9.17, 15) is 9.65 Å². The average Bonchev–Trinajstić information content (AvgIpc) is 2.91. The summed E-state index contributed by atoms with van der Waals surface area (Å²) in [7, 11) is 0. The summed E-state index contributed by atoms with van der Waals surface area (Å²) in [6.45, 7) is 1.97. The molecular weight excluding hydrogens is 267 g/mol. The summed E-state index contributed by atoms with van der Waals surface area (Å²) in [6.07, 6.45) is 0. The Labute approximate surface area is 121 Å². The van der Waals surface area contributed by atoms with Gasteiger partial charge >= 0.3 is 0 Å². The standard InChI is InChI=1S/C16H11FN4/c1-11-4-2-7-14(8-11)21-16(15(10-18)19-20-21)12-5-3-6-13(17)9-12/h2-9H,1H3. The third-order valence-electron chi connectivity index (χ3n) is 3.12. The molecule has 5 heteroatoms. The van der Waals surface area contributed by atoms with E-state index in [1.165, 1.54) is 12.1 Å². The van der Waals surface area contributed by atoms with Gasteiger partial charge in [-0.3, -0.25) is 0 Å². The molecule has 0 amide bonds. The van der Waals surface area contributed by atoms with Crippen molar-refractivity contribution in [2.45, 2.75) is 6.92 Å². The van der Waals surface area contributed by atoms with Gasteiger partial charge in [-0.25, -0.2) is 9.07 Å². The van der Waals surface area contributed by atoms with Gasteiger partial charge in [-0.05, 0) is 36.8 Å². The van der Waals surface area contributed by atoms with Crippen LogP contribution in [0.4, 0.5) is 4.39 Å². The van der Waals surface area contributed by atoms with Crippen molar-refractivity contribution < 1.29 is 4.39 Å². The van der Waals surface area contributed by atoms with Crippen LogP contribution in [0, 0.1) is 24.1 Å². The maximum atomic E-state index is 13.5. The summed E-state index contributed by atoms with van der Waals surface area (Å²) in [5.41, 5.74) is 3.07. The molecule has 0 fully saturated rings. The second-order valence-electron chi connectivity index (χ2n) is 4.66. The minimum absolute atomic E-state index is 0.169. The summed E-state index contributed by atoms with van der Waals surface area (Å²) < 4.78 is 15.0. The third kappa shape index (κ3) is 2.39. The first-order chi connectivity index (χ1) is 10.2. The Bertz CT molecular complexity index is 845. The van der Waals surface area contributed by atoms with Gasteiger partial charge in [0.2, 0.25) is 0 Å². The Morgan fingerprint density at radius 3 is 2.67 bits per heavy atom. The summed E-state index contributed by atoms with van der Waals surface area (Å²) in [5.74, 6) is -0.367. The average molecular weight is 278 g/mol. The van der Waals surface area contributed by atoms with Gasteiger partial charge < -0.3 is 0 Å². The zero-order chi connectivity index (χ0) is 14.8. The third-order valence-corrected chi connectivity index (χ3v) is 3.12. The Hall–Kier alpha value is -3.00. The number of aryl methyl sites for hydroxylation is 1. The maximum absolute atomic E-state index is 13.5. The summed E-state index contributed by atoms with van der Waals surface area (Å²) in [5, 5.41) is 17.1. The Morgan fingerprint density at radius 2 is 1.95 bits per heavy atom. The van der Waals surface area contributed by atoms with Crippen LogP contribution in [0.3, 0.4) is 0 Å². The molecule has 1 aromatic heterocycles. The van der Waals surface area contributed by atoms with Crippen molar-refractivity contribution in [3.63, 3.8) is 0 Å². The molecule has 0 saturated carbocycles. The lowest BCUT2D eigenvalue weighted by Gasteiger charge is -2.07. The number of nitrogens with zero attached hydrogens (tertiary/aromatic N) is 4. The number of halogens is 1. The minimum Gasteiger partial charge on any atom is -0.211 e. The second-order valence-corrected chi connectivity index (χ2v) is 4.66. The fourth-order valence-electron chi connectivity index (χ4n) is 2.19. The zero-order valence-corrected chi connectivity index (χ0v) is 11.3. The Morgan fingerprint density at radius 1 is 1.14 bits per heavy atom. The largest absolute Gasteiger partial charge is 0.211 e.